The number of ether oxygens (including phenoxy) is 2. The molecule has 1 aliphatic carbocycles. The minimum Gasteiger partial charge on any atom is -0.493 e. The average Bonchev–Trinajstić information content (AvgIpc) is 3.56. The second kappa shape index (κ2) is 9.06. The molecule has 1 saturated heterocycles. The van der Waals surface area contributed by atoms with Crippen LogP contribution in [0.1, 0.15) is 18.4 Å². The SMILES string of the molecule is COc1cc(C=CC(=O)N2CCN(C(=O)C3CC3)CC2)c([N+](=O)[O-])cc1OC(F)F. The van der Waals surface area contributed by atoms with Gasteiger partial charge < -0.3 is 19.3 Å². The van der Waals surface area contributed by atoms with Gasteiger partial charge in [0.1, 0.15) is 0 Å². The first-order valence-electron chi connectivity index (χ1n) is 9.37. The number of rotatable bonds is 7. The first kappa shape index (κ1) is 21.5. The summed E-state index contributed by atoms with van der Waals surface area (Å²) in [6.07, 6.45) is 4.25. The monoisotopic (exact) mass is 425 g/mol. The first-order chi connectivity index (χ1) is 14.3. The van der Waals surface area contributed by atoms with Crippen LogP contribution in [0.25, 0.3) is 6.08 Å². The van der Waals surface area contributed by atoms with E-state index < -0.39 is 23.0 Å². The van der Waals surface area contributed by atoms with E-state index in [1.165, 1.54) is 19.3 Å². The molecule has 0 N–H and O–H groups in total. The van der Waals surface area contributed by atoms with Gasteiger partial charge in [0.15, 0.2) is 11.5 Å². The molecule has 2 fully saturated rings. The van der Waals surface area contributed by atoms with Crippen molar-refractivity contribution >= 4 is 23.6 Å². The van der Waals surface area contributed by atoms with Crippen molar-refractivity contribution in [1.82, 2.24) is 9.80 Å². The van der Waals surface area contributed by atoms with Gasteiger partial charge in [0.2, 0.25) is 11.8 Å². The van der Waals surface area contributed by atoms with Crippen molar-refractivity contribution in [3.05, 3.63) is 33.9 Å². The molecular weight excluding hydrogens is 404 g/mol. The average molecular weight is 425 g/mol. The number of halogens is 2. The molecule has 11 heteroatoms. The predicted molar refractivity (Wildman–Crippen MR) is 101 cm³/mol. The van der Waals surface area contributed by atoms with Crippen LogP contribution in [0.3, 0.4) is 0 Å². The molecule has 1 aliphatic heterocycles. The maximum absolute atomic E-state index is 12.5. The van der Waals surface area contributed by atoms with Gasteiger partial charge in [-0.15, -0.1) is 0 Å². The van der Waals surface area contributed by atoms with E-state index in [2.05, 4.69) is 4.74 Å². The largest absolute Gasteiger partial charge is 0.493 e. The molecule has 0 aromatic heterocycles. The highest BCUT2D eigenvalue weighted by Crippen LogP contribution is 2.36. The van der Waals surface area contributed by atoms with E-state index in [1.54, 1.807) is 9.80 Å². The topological polar surface area (TPSA) is 102 Å². The Hall–Kier alpha value is -3.24. The number of alkyl halides is 2. The maximum atomic E-state index is 12.5. The Morgan fingerprint density at radius 2 is 1.80 bits per heavy atom. The number of methoxy groups -OCH3 is 1. The standard InChI is InChI=1S/C19H21F2N3O6/c1-29-15-10-13(14(24(27)28)11-16(15)30-19(20)21)4-5-17(25)22-6-8-23(9-7-22)18(26)12-2-3-12/h4-5,10-12,19H,2-3,6-9H2,1H3. The number of carbonyl (C=O) groups excluding carboxylic acids is 2. The third kappa shape index (κ3) is 5.02. The fourth-order valence-corrected chi connectivity index (χ4v) is 3.21. The van der Waals surface area contributed by atoms with Crippen molar-refractivity contribution in [2.75, 3.05) is 33.3 Å². The van der Waals surface area contributed by atoms with E-state index in [1.807, 2.05) is 0 Å². The number of hydrogen-bond acceptors (Lipinski definition) is 6. The Bertz CT molecular complexity index is 864. The minimum absolute atomic E-state index is 0.00867. The van der Waals surface area contributed by atoms with Crippen molar-refractivity contribution in [3.63, 3.8) is 0 Å². The van der Waals surface area contributed by atoms with E-state index in [0.717, 1.165) is 25.0 Å². The summed E-state index contributed by atoms with van der Waals surface area (Å²) in [4.78, 5) is 38.4. The van der Waals surface area contributed by atoms with Crippen LogP contribution in [0, 0.1) is 16.0 Å². The molecule has 1 aromatic rings. The van der Waals surface area contributed by atoms with Gasteiger partial charge in [0.05, 0.1) is 23.7 Å². The lowest BCUT2D eigenvalue weighted by molar-refractivity contribution is -0.385. The lowest BCUT2D eigenvalue weighted by atomic mass is 10.1. The number of carbonyl (C=O) groups is 2. The van der Waals surface area contributed by atoms with Gasteiger partial charge in [-0.25, -0.2) is 0 Å². The zero-order valence-corrected chi connectivity index (χ0v) is 16.3. The molecule has 0 bridgehead atoms. The summed E-state index contributed by atoms with van der Waals surface area (Å²) in [6.45, 7) is -1.54. The number of benzene rings is 1. The van der Waals surface area contributed by atoms with E-state index >= 15 is 0 Å². The molecular formula is C19H21F2N3O6. The molecule has 2 amide bonds. The Morgan fingerprint density at radius 1 is 1.17 bits per heavy atom. The summed E-state index contributed by atoms with van der Waals surface area (Å²) in [5, 5.41) is 11.3. The lowest BCUT2D eigenvalue weighted by Gasteiger charge is -2.34. The smallest absolute Gasteiger partial charge is 0.387 e. The molecule has 2 aliphatic rings. The normalized spacial score (nSPS) is 16.8. The van der Waals surface area contributed by atoms with Gasteiger partial charge in [-0.3, -0.25) is 19.7 Å². The predicted octanol–water partition coefficient (Wildman–Crippen LogP) is 2.30. The van der Waals surface area contributed by atoms with Gasteiger partial charge >= 0.3 is 6.61 Å². The Morgan fingerprint density at radius 3 is 2.33 bits per heavy atom. The number of nitrogens with zero attached hydrogens (tertiary/aromatic N) is 3. The molecule has 1 aromatic carbocycles. The fraction of sp³-hybridized carbons (Fsp3) is 0.474. The quantitative estimate of drug-likeness (QED) is 0.377. The highest BCUT2D eigenvalue weighted by molar-refractivity contribution is 5.93. The molecule has 30 heavy (non-hydrogen) atoms. The van der Waals surface area contributed by atoms with Crippen LogP contribution in [-0.2, 0) is 9.59 Å². The molecule has 0 spiro atoms. The van der Waals surface area contributed by atoms with Gasteiger partial charge in [0, 0.05) is 38.2 Å². The summed E-state index contributed by atoms with van der Waals surface area (Å²) in [5.74, 6) is -0.708. The Balaban J connectivity index is 1.70. The summed E-state index contributed by atoms with van der Waals surface area (Å²) in [5.41, 5.74) is -0.496. The van der Waals surface area contributed by atoms with Crippen LogP contribution in [0.5, 0.6) is 11.5 Å². The molecule has 162 valence electrons. The molecule has 9 nitrogen and oxygen atoms in total. The van der Waals surface area contributed by atoms with Gasteiger partial charge in [-0.2, -0.15) is 8.78 Å². The first-order valence-corrected chi connectivity index (χ1v) is 9.37. The van der Waals surface area contributed by atoms with Gasteiger partial charge in [0.25, 0.3) is 5.69 Å². The molecule has 0 radical (unpaired) electrons. The molecule has 0 unspecified atom stereocenters. The maximum Gasteiger partial charge on any atom is 0.387 e. The zero-order valence-electron chi connectivity index (χ0n) is 16.3. The van der Waals surface area contributed by atoms with E-state index in [0.29, 0.717) is 26.2 Å². The van der Waals surface area contributed by atoms with Crippen LogP contribution in [0.2, 0.25) is 0 Å². The minimum atomic E-state index is -3.17. The van der Waals surface area contributed by atoms with Crippen LogP contribution in [0.4, 0.5) is 14.5 Å². The van der Waals surface area contributed by atoms with E-state index in [-0.39, 0.29) is 29.0 Å². The fourth-order valence-electron chi connectivity index (χ4n) is 3.21. The molecule has 0 atom stereocenters. The number of amides is 2. The van der Waals surface area contributed by atoms with Crippen molar-refractivity contribution in [3.8, 4) is 11.5 Å². The second-order valence-electron chi connectivity index (χ2n) is 6.96. The Kier molecular flexibility index (Phi) is 6.48. The highest BCUT2D eigenvalue weighted by atomic mass is 19.3. The third-order valence-corrected chi connectivity index (χ3v) is 4.96. The highest BCUT2D eigenvalue weighted by Gasteiger charge is 2.35. The summed E-state index contributed by atoms with van der Waals surface area (Å²) in [6, 6.07) is 1.99. The third-order valence-electron chi connectivity index (χ3n) is 4.96. The Labute approximate surface area is 171 Å². The van der Waals surface area contributed by atoms with Crippen LogP contribution < -0.4 is 9.47 Å². The van der Waals surface area contributed by atoms with Crippen molar-refractivity contribution in [2.24, 2.45) is 5.92 Å². The molecule has 1 saturated carbocycles. The van der Waals surface area contributed by atoms with Crippen LogP contribution >= 0.6 is 0 Å². The number of hydrogen-bond donors (Lipinski definition) is 0. The summed E-state index contributed by atoms with van der Waals surface area (Å²) in [7, 11) is 1.21. The van der Waals surface area contributed by atoms with E-state index in [9.17, 15) is 28.5 Å². The van der Waals surface area contributed by atoms with Crippen molar-refractivity contribution in [1.29, 1.82) is 0 Å². The van der Waals surface area contributed by atoms with Crippen molar-refractivity contribution in [2.45, 2.75) is 19.5 Å². The number of nitro benzene ring substituents is 1. The number of nitro groups is 1. The number of piperazine rings is 1. The van der Waals surface area contributed by atoms with Crippen molar-refractivity contribution < 1.29 is 32.8 Å². The van der Waals surface area contributed by atoms with Gasteiger partial charge in [-0.05, 0) is 25.0 Å². The van der Waals surface area contributed by atoms with Gasteiger partial charge in [-0.1, -0.05) is 0 Å². The summed E-state index contributed by atoms with van der Waals surface area (Å²) >= 11 is 0. The summed E-state index contributed by atoms with van der Waals surface area (Å²) < 4.78 is 34.3. The molecule has 1 heterocycles. The lowest BCUT2D eigenvalue weighted by Crippen LogP contribution is -2.50. The molecule has 3 rings (SSSR count). The van der Waals surface area contributed by atoms with Crippen LogP contribution in [0.15, 0.2) is 18.2 Å². The zero-order chi connectivity index (χ0) is 21.8. The van der Waals surface area contributed by atoms with E-state index in [4.69, 9.17) is 4.74 Å². The van der Waals surface area contributed by atoms with Crippen LogP contribution in [-0.4, -0.2) is 66.4 Å². The second-order valence-corrected chi connectivity index (χ2v) is 6.96.